The number of hydrogen-bond donors (Lipinski definition) is 0. The highest BCUT2D eigenvalue weighted by Crippen LogP contribution is 2.28. The minimum absolute atomic E-state index is 0.800. The van der Waals surface area contributed by atoms with Crippen molar-refractivity contribution in [3.05, 3.63) is 57.2 Å². The summed E-state index contributed by atoms with van der Waals surface area (Å²) < 4.78 is 7.08. The van der Waals surface area contributed by atoms with Gasteiger partial charge in [-0.15, -0.1) is 0 Å². The summed E-state index contributed by atoms with van der Waals surface area (Å²) in [6.45, 7) is 2.08. The Morgan fingerprint density at radius 1 is 1.12 bits per heavy atom. The van der Waals surface area contributed by atoms with Crippen LogP contribution in [0.1, 0.15) is 11.1 Å². The minimum Gasteiger partial charge on any atom is -0.457 e. The Balaban J connectivity index is 2.26. The van der Waals surface area contributed by atoms with Crippen LogP contribution in [0.4, 0.5) is 0 Å². The van der Waals surface area contributed by atoms with Crippen molar-refractivity contribution in [3.8, 4) is 11.5 Å². The SMILES string of the molecule is Cc1ccc(Oc2ccc(I)cc2)c(CBr)c1. The predicted octanol–water partition coefficient (Wildman–Crippen LogP) is 5.29. The Labute approximate surface area is 123 Å². The van der Waals surface area contributed by atoms with E-state index in [2.05, 4.69) is 57.6 Å². The molecule has 0 saturated heterocycles. The summed E-state index contributed by atoms with van der Waals surface area (Å²) in [7, 11) is 0. The van der Waals surface area contributed by atoms with E-state index < -0.39 is 0 Å². The molecule has 1 nitrogen and oxygen atoms in total. The van der Waals surface area contributed by atoms with Crippen molar-refractivity contribution in [2.75, 3.05) is 0 Å². The van der Waals surface area contributed by atoms with Gasteiger partial charge in [-0.2, -0.15) is 0 Å². The van der Waals surface area contributed by atoms with Crippen molar-refractivity contribution in [2.45, 2.75) is 12.3 Å². The smallest absolute Gasteiger partial charge is 0.131 e. The number of alkyl halides is 1. The molecule has 0 saturated carbocycles. The second kappa shape index (κ2) is 5.87. The quantitative estimate of drug-likeness (QED) is 0.500. The van der Waals surface area contributed by atoms with Crippen LogP contribution in [0, 0.1) is 10.5 Å². The molecule has 88 valence electrons. The van der Waals surface area contributed by atoms with Crippen LogP contribution in [0.2, 0.25) is 0 Å². The molecule has 0 amide bonds. The van der Waals surface area contributed by atoms with Crippen LogP contribution in [0.25, 0.3) is 0 Å². The highest BCUT2D eigenvalue weighted by molar-refractivity contribution is 14.1. The lowest BCUT2D eigenvalue weighted by molar-refractivity contribution is 0.478. The molecule has 0 aliphatic heterocycles. The van der Waals surface area contributed by atoms with Crippen molar-refractivity contribution in [2.24, 2.45) is 0 Å². The van der Waals surface area contributed by atoms with Gasteiger partial charge in [0.15, 0.2) is 0 Å². The molecule has 0 heterocycles. The molecule has 3 heteroatoms. The molecule has 0 aliphatic rings. The third kappa shape index (κ3) is 3.45. The second-order valence-electron chi connectivity index (χ2n) is 3.80. The normalized spacial score (nSPS) is 10.3. The van der Waals surface area contributed by atoms with Crippen molar-refractivity contribution < 1.29 is 4.74 Å². The maximum Gasteiger partial charge on any atom is 0.131 e. The van der Waals surface area contributed by atoms with E-state index in [0.717, 1.165) is 16.8 Å². The molecular formula is C14H12BrIO. The van der Waals surface area contributed by atoms with Gasteiger partial charge < -0.3 is 4.74 Å². The largest absolute Gasteiger partial charge is 0.457 e. The van der Waals surface area contributed by atoms with E-state index in [1.54, 1.807) is 0 Å². The van der Waals surface area contributed by atoms with Crippen molar-refractivity contribution in [1.29, 1.82) is 0 Å². The van der Waals surface area contributed by atoms with Crippen LogP contribution in [0.3, 0.4) is 0 Å². The van der Waals surface area contributed by atoms with E-state index in [4.69, 9.17) is 4.74 Å². The summed E-state index contributed by atoms with van der Waals surface area (Å²) in [4.78, 5) is 0. The lowest BCUT2D eigenvalue weighted by Crippen LogP contribution is -1.90. The standard InChI is InChI=1S/C14H12BrIO/c1-10-2-7-14(11(8-10)9-15)17-13-5-3-12(16)4-6-13/h2-8H,9H2,1H3. The van der Waals surface area contributed by atoms with Gasteiger partial charge in [0.25, 0.3) is 0 Å². The Morgan fingerprint density at radius 2 is 1.82 bits per heavy atom. The molecule has 0 aromatic heterocycles. The number of halogens is 2. The minimum atomic E-state index is 0.800. The molecule has 2 aromatic carbocycles. The third-order valence-electron chi connectivity index (χ3n) is 2.40. The molecule has 0 atom stereocenters. The Kier molecular flexibility index (Phi) is 4.45. The molecule has 2 rings (SSSR count). The van der Waals surface area contributed by atoms with Gasteiger partial charge in [0.05, 0.1) is 0 Å². The fourth-order valence-corrected chi connectivity index (χ4v) is 2.34. The van der Waals surface area contributed by atoms with E-state index in [1.807, 2.05) is 30.3 Å². The van der Waals surface area contributed by atoms with Gasteiger partial charge in [0.1, 0.15) is 11.5 Å². The van der Waals surface area contributed by atoms with Gasteiger partial charge >= 0.3 is 0 Å². The van der Waals surface area contributed by atoms with Crippen LogP contribution >= 0.6 is 38.5 Å². The van der Waals surface area contributed by atoms with E-state index in [1.165, 1.54) is 14.7 Å². The van der Waals surface area contributed by atoms with Gasteiger partial charge in [0, 0.05) is 14.5 Å². The molecule has 17 heavy (non-hydrogen) atoms. The average molecular weight is 403 g/mol. The lowest BCUT2D eigenvalue weighted by Gasteiger charge is -2.10. The number of ether oxygens (including phenoxy) is 1. The summed E-state index contributed by atoms with van der Waals surface area (Å²) in [5.74, 6) is 1.78. The van der Waals surface area contributed by atoms with Crippen molar-refractivity contribution >= 4 is 38.5 Å². The van der Waals surface area contributed by atoms with Gasteiger partial charge in [-0.05, 0) is 59.8 Å². The summed E-state index contributed by atoms with van der Waals surface area (Å²) in [6.07, 6.45) is 0. The maximum atomic E-state index is 5.88. The average Bonchev–Trinajstić information content (AvgIpc) is 2.34. The number of aryl methyl sites for hydroxylation is 1. The van der Waals surface area contributed by atoms with E-state index in [9.17, 15) is 0 Å². The summed E-state index contributed by atoms with van der Waals surface area (Å²) in [6, 6.07) is 14.3. The Bertz CT molecular complexity index is 508. The van der Waals surface area contributed by atoms with Crippen LogP contribution in [0.15, 0.2) is 42.5 Å². The summed E-state index contributed by atoms with van der Waals surface area (Å²) >= 11 is 5.77. The zero-order valence-corrected chi connectivity index (χ0v) is 13.2. The van der Waals surface area contributed by atoms with E-state index in [0.29, 0.717) is 0 Å². The topological polar surface area (TPSA) is 9.23 Å². The van der Waals surface area contributed by atoms with Crippen molar-refractivity contribution in [3.63, 3.8) is 0 Å². The first-order valence-corrected chi connectivity index (χ1v) is 7.48. The maximum absolute atomic E-state index is 5.88. The van der Waals surface area contributed by atoms with E-state index in [-0.39, 0.29) is 0 Å². The third-order valence-corrected chi connectivity index (χ3v) is 3.72. The van der Waals surface area contributed by atoms with Gasteiger partial charge in [-0.3, -0.25) is 0 Å². The first-order chi connectivity index (χ1) is 8.19. The van der Waals surface area contributed by atoms with Gasteiger partial charge in [-0.25, -0.2) is 0 Å². The molecule has 0 N–H and O–H groups in total. The first kappa shape index (κ1) is 12.9. The molecule has 0 fully saturated rings. The summed E-state index contributed by atoms with van der Waals surface area (Å²) in [5.41, 5.74) is 2.41. The first-order valence-electron chi connectivity index (χ1n) is 5.28. The Hall–Kier alpha value is -0.550. The molecule has 0 radical (unpaired) electrons. The molecule has 2 aromatic rings. The fraction of sp³-hybridized carbons (Fsp3) is 0.143. The monoisotopic (exact) mass is 402 g/mol. The molecule has 0 spiro atoms. The van der Waals surface area contributed by atoms with Crippen LogP contribution < -0.4 is 4.74 Å². The summed E-state index contributed by atoms with van der Waals surface area (Å²) in [5, 5.41) is 0.800. The molecular weight excluding hydrogens is 391 g/mol. The number of benzene rings is 2. The van der Waals surface area contributed by atoms with E-state index >= 15 is 0 Å². The van der Waals surface area contributed by atoms with Crippen LogP contribution in [-0.4, -0.2) is 0 Å². The Morgan fingerprint density at radius 3 is 2.47 bits per heavy atom. The zero-order chi connectivity index (χ0) is 12.3. The van der Waals surface area contributed by atoms with Crippen LogP contribution in [0.5, 0.6) is 11.5 Å². The van der Waals surface area contributed by atoms with Crippen LogP contribution in [-0.2, 0) is 5.33 Å². The van der Waals surface area contributed by atoms with Gasteiger partial charge in [0.2, 0.25) is 0 Å². The molecule has 0 bridgehead atoms. The number of rotatable bonds is 3. The second-order valence-corrected chi connectivity index (χ2v) is 5.61. The molecule has 0 unspecified atom stereocenters. The van der Waals surface area contributed by atoms with Gasteiger partial charge in [-0.1, -0.05) is 33.6 Å². The zero-order valence-electron chi connectivity index (χ0n) is 9.41. The van der Waals surface area contributed by atoms with Crippen molar-refractivity contribution in [1.82, 2.24) is 0 Å². The fourth-order valence-electron chi connectivity index (χ4n) is 1.54. The highest BCUT2D eigenvalue weighted by Gasteiger charge is 2.04. The highest BCUT2D eigenvalue weighted by atomic mass is 127. The number of hydrogen-bond acceptors (Lipinski definition) is 1. The lowest BCUT2D eigenvalue weighted by atomic mass is 10.1. The predicted molar refractivity (Wildman–Crippen MR) is 83.0 cm³/mol. The molecule has 0 aliphatic carbocycles.